The van der Waals surface area contributed by atoms with Crippen molar-refractivity contribution >= 4 is 11.7 Å². The summed E-state index contributed by atoms with van der Waals surface area (Å²) in [5, 5.41) is 2.98. The molecule has 1 aliphatic carbocycles. The number of hydrogen-bond donors (Lipinski definition) is 2. The summed E-state index contributed by atoms with van der Waals surface area (Å²) >= 11 is 0. The van der Waals surface area contributed by atoms with Crippen LogP contribution in [0.1, 0.15) is 37.8 Å². The molecule has 0 bridgehead atoms. The molecule has 21 heavy (non-hydrogen) atoms. The van der Waals surface area contributed by atoms with Crippen LogP contribution in [-0.4, -0.2) is 36.2 Å². The normalized spacial score (nSPS) is 26.3. The molecule has 5 heteroatoms. The fraction of sp³-hybridized carbons (Fsp3) is 0.562. The van der Waals surface area contributed by atoms with Crippen molar-refractivity contribution in [3.63, 3.8) is 0 Å². The predicted octanol–water partition coefficient (Wildman–Crippen LogP) is 2.49. The lowest BCUT2D eigenvalue weighted by atomic mass is 10.1. The van der Waals surface area contributed by atoms with Gasteiger partial charge in [-0.1, -0.05) is 12.1 Å². The third-order valence-corrected chi connectivity index (χ3v) is 4.43. The summed E-state index contributed by atoms with van der Waals surface area (Å²) in [6.45, 7) is 3.25. The average Bonchev–Trinajstić information content (AvgIpc) is 2.96. The molecule has 2 aliphatic rings. The molecule has 1 aromatic rings. The van der Waals surface area contributed by atoms with Gasteiger partial charge in [0.05, 0.1) is 18.8 Å². The second kappa shape index (κ2) is 6.03. The van der Waals surface area contributed by atoms with Crippen molar-refractivity contribution in [2.45, 2.75) is 44.4 Å². The van der Waals surface area contributed by atoms with Crippen LogP contribution < -0.4 is 11.1 Å². The zero-order valence-electron chi connectivity index (χ0n) is 12.4. The topological polar surface area (TPSA) is 67.6 Å². The van der Waals surface area contributed by atoms with Crippen LogP contribution >= 0.6 is 0 Å². The summed E-state index contributed by atoms with van der Waals surface area (Å²) in [6.07, 6.45) is 3.48. The van der Waals surface area contributed by atoms with Gasteiger partial charge in [-0.15, -0.1) is 0 Å². The van der Waals surface area contributed by atoms with Gasteiger partial charge in [0, 0.05) is 18.3 Å². The van der Waals surface area contributed by atoms with E-state index in [0.717, 1.165) is 30.5 Å². The average molecular weight is 289 g/mol. The van der Waals surface area contributed by atoms with E-state index in [1.807, 2.05) is 36.1 Å². The van der Waals surface area contributed by atoms with Gasteiger partial charge >= 0.3 is 6.03 Å². The molecular formula is C16H23N3O2. The number of nitrogens with zero attached hydrogens (tertiary/aromatic N) is 1. The van der Waals surface area contributed by atoms with Gasteiger partial charge in [-0.3, -0.25) is 0 Å². The number of urea groups is 1. The fourth-order valence-corrected chi connectivity index (χ4v) is 3.24. The minimum absolute atomic E-state index is 0.00763. The number of amides is 2. The summed E-state index contributed by atoms with van der Waals surface area (Å²) < 4.78 is 5.74. The van der Waals surface area contributed by atoms with Gasteiger partial charge in [0.1, 0.15) is 0 Å². The molecule has 1 saturated heterocycles. The van der Waals surface area contributed by atoms with Gasteiger partial charge in [0.25, 0.3) is 0 Å². The Balaban J connectivity index is 1.65. The van der Waals surface area contributed by atoms with Crippen molar-refractivity contribution < 1.29 is 9.53 Å². The number of carbonyl (C=O) groups excluding carboxylic acids is 1. The summed E-state index contributed by atoms with van der Waals surface area (Å²) in [5.41, 5.74) is 7.71. The van der Waals surface area contributed by atoms with Crippen LogP contribution in [0, 0.1) is 0 Å². The molecule has 0 aromatic heterocycles. The smallest absolute Gasteiger partial charge is 0.322 e. The molecule has 114 valence electrons. The Bertz CT molecular complexity index is 501. The lowest BCUT2D eigenvalue weighted by Gasteiger charge is -2.37. The SMILES string of the molecule is CC(N)c1ccc(NC(=O)N2CCOC3CCCC32)cc1. The van der Waals surface area contributed by atoms with E-state index in [-0.39, 0.29) is 24.2 Å². The van der Waals surface area contributed by atoms with Crippen molar-refractivity contribution in [1.29, 1.82) is 0 Å². The molecule has 2 amide bonds. The Morgan fingerprint density at radius 2 is 2.14 bits per heavy atom. The molecule has 1 saturated carbocycles. The Morgan fingerprint density at radius 3 is 2.86 bits per heavy atom. The first-order valence-electron chi connectivity index (χ1n) is 7.70. The van der Waals surface area contributed by atoms with Crippen LogP contribution in [0.2, 0.25) is 0 Å². The van der Waals surface area contributed by atoms with Crippen LogP contribution in [0.15, 0.2) is 24.3 Å². The predicted molar refractivity (Wildman–Crippen MR) is 82.1 cm³/mol. The number of rotatable bonds is 2. The van der Waals surface area contributed by atoms with Crippen molar-refractivity contribution in [1.82, 2.24) is 4.90 Å². The zero-order chi connectivity index (χ0) is 14.8. The maximum atomic E-state index is 12.5. The maximum Gasteiger partial charge on any atom is 0.322 e. The number of ether oxygens (including phenoxy) is 1. The van der Waals surface area contributed by atoms with E-state index >= 15 is 0 Å². The highest BCUT2D eigenvalue weighted by atomic mass is 16.5. The van der Waals surface area contributed by atoms with Gasteiger partial charge in [-0.2, -0.15) is 0 Å². The van der Waals surface area contributed by atoms with E-state index in [2.05, 4.69) is 5.32 Å². The lowest BCUT2D eigenvalue weighted by Crippen LogP contribution is -2.52. The largest absolute Gasteiger partial charge is 0.374 e. The monoisotopic (exact) mass is 289 g/mol. The quantitative estimate of drug-likeness (QED) is 0.879. The van der Waals surface area contributed by atoms with Crippen LogP contribution in [-0.2, 0) is 4.74 Å². The summed E-state index contributed by atoms with van der Waals surface area (Å²) in [6, 6.07) is 7.95. The molecule has 5 nitrogen and oxygen atoms in total. The minimum Gasteiger partial charge on any atom is -0.374 e. The van der Waals surface area contributed by atoms with Gasteiger partial charge in [0.2, 0.25) is 0 Å². The second-order valence-corrected chi connectivity index (χ2v) is 5.94. The Hall–Kier alpha value is -1.59. The molecule has 1 aliphatic heterocycles. The standard InChI is InChI=1S/C16H23N3O2/c1-11(17)12-5-7-13(8-6-12)18-16(20)19-9-10-21-15-4-2-3-14(15)19/h5-8,11,14-15H,2-4,9-10,17H2,1H3,(H,18,20). The molecule has 0 spiro atoms. The number of carbonyl (C=O) groups is 1. The van der Waals surface area contributed by atoms with Crippen LogP contribution in [0.3, 0.4) is 0 Å². The first kappa shape index (κ1) is 14.4. The van der Waals surface area contributed by atoms with E-state index in [0.29, 0.717) is 13.2 Å². The molecule has 1 heterocycles. The Morgan fingerprint density at radius 1 is 1.38 bits per heavy atom. The van der Waals surface area contributed by atoms with Crippen molar-refractivity contribution in [3.05, 3.63) is 29.8 Å². The van der Waals surface area contributed by atoms with Gasteiger partial charge in [0.15, 0.2) is 0 Å². The van der Waals surface area contributed by atoms with Gasteiger partial charge in [-0.25, -0.2) is 4.79 Å². The molecule has 1 aromatic carbocycles. The number of morpholine rings is 1. The molecule has 3 unspecified atom stereocenters. The molecule has 3 atom stereocenters. The fourth-order valence-electron chi connectivity index (χ4n) is 3.24. The highest BCUT2D eigenvalue weighted by molar-refractivity contribution is 5.89. The van der Waals surface area contributed by atoms with Crippen molar-refractivity contribution in [2.75, 3.05) is 18.5 Å². The van der Waals surface area contributed by atoms with E-state index in [4.69, 9.17) is 10.5 Å². The third-order valence-electron chi connectivity index (χ3n) is 4.43. The Kier molecular flexibility index (Phi) is 4.12. The van der Waals surface area contributed by atoms with Crippen molar-refractivity contribution in [2.24, 2.45) is 5.73 Å². The van der Waals surface area contributed by atoms with Crippen LogP contribution in [0.5, 0.6) is 0 Å². The molecule has 0 radical (unpaired) electrons. The third kappa shape index (κ3) is 3.04. The van der Waals surface area contributed by atoms with E-state index in [1.54, 1.807) is 0 Å². The number of benzene rings is 1. The number of fused-ring (bicyclic) bond motifs is 1. The number of anilines is 1. The highest BCUT2D eigenvalue weighted by Gasteiger charge is 2.38. The van der Waals surface area contributed by atoms with Crippen LogP contribution in [0.4, 0.5) is 10.5 Å². The van der Waals surface area contributed by atoms with E-state index in [9.17, 15) is 4.79 Å². The molecule has 3 N–H and O–H groups in total. The number of hydrogen-bond acceptors (Lipinski definition) is 3. The molecule has 3 rings (SSSR count). The highest BCUT2D eigenvalue weighted by Crippen LogP contribution is 2.30. The second-order valence-electron chi connectivity index (χ2n) is 5.94. The zero-order valence-corrected chi connectivity index (χ0v) is 12.4. The van der Waals surface area contributed by atoms with Crippen molar-refractivity contribution in [3.8, 4) is 0 Å². The summed E-state index contributed by atoms with van der Waals surface area (Å²) in [5.74, 6) is 0. The first-order chi connectivity index (χ1) is 10.1. The van der Waals surface area contributed by atoms with Gasteiger partial charge < -0.3 is 20.7 Å². The minimum atomic E-state index is -0.0243. The number of nitrogens with two attached hydrogens (primary N) is 1. The lowest BCUT2D eigenvalue weighted by molar-refractivity contribution is -0.0362. The van der Waals surface area contributed by atoms with E-state index < -0.39 is 0 Å². The first-order valence-corrected chi connectivity index (χ1v) is 7.70. The summed E-state index contributed by atoms with van der Waals surface area (Å²) in [7, 11) is 0. The van der Waals surface area contributed by atoms with Gasteiger partial charge in [-0.05, 0) is 43.9 Å². The maximum absolute atomic E-state index is 12.5. The summed E-state index contributed by atoms with van der Waals surface area (Å²) in [4.78, 5) is 14.4. The molecule has 2 fully saturated rings. The number of nitrogens with one attached hydrogen (secondary N) is 1. The van der Waals surface area contributed by atoms with E-state index in [1.165, 1.54) is 0 Å². The molecular weight excluding hydrogens is 266 g/mol. The Labute approximate surface area is 125 Å². The van der Waals surface area contributed by atoms with Crippen LogP contribution in [0.25, 0.3) is 0 Å².